The normalized spacial score (nSPS) is 13.2. The molecule has 128 valence electrons. The molecule has 0 aliphatic heterocycles. The highest BCUT2D eigenvalue weighted by molar-refractivity contribution is 5.81. The Morgan fingerprint density at radius 2 is 1.50 bits per heavy atom. The zero-order valence-electron chi connectivity index (χ0n) is 15.4. The van der Waals surface area contributed by atoms with Gasteiger partial charge in [0.05, 0.1) is 6.04 Å². The van der Waals surface area contributed by atoms with Crippen LogP contribution in [0.4, 0.5) is 0 Å². The minimum absolute atomic E-state index is 0.0525. The highest BCUT2D eigenvalue weighted by atomic mass is 16.5. The number of nitrogens with one attached hydrogen (secondary N) is 1. The number of carbonyl (C=O) groups is 1. The molecule has 0 spiro atoms. The van der Waals surface area contributed by atoms with Crippen molar-refractivity contribution in [1.29, 1.82) is 0 Å². The summed E-state index contributed by atoms with van der Waals surface area (Å²) >= 11 is 0. The molecule has 2 aromatic carbocycles. The van der Waals surface area contributed by atoms with E-state index in [9.17, 15) is 4.79 Å². The van der Waals surface area contributed by atoms with Crippen LogP contribution >= 0.6 is 0 Å². The van der Waals surface area contributed by atoms with Gasteiger partial charge in [-0.2, -0.15) is 0 Å². The van der Waals surface area contributed by atoms with Gasteiger partial charge in [-0.3, -0.25) is 4.79 Å². The van der Waals surface area contributed by atoms with Gasteiger partial charge in [-0.1, -0.05) is 41.5 Å². The number of carbonyl (C=O) groups excluding carboxylic acids is 1. The van der Waals surface area contributed by atoms with E-state index < -0.39 is 6.10 Å². The van der Waals surface area contributed by atoms with Crippen LogP contribution in [-0.4, -0.2) is 12.0 Å². The summed E-state index contributed by atoms with van der Waals surface area (Å²) in [4.78, 5) is 12.5. The molecule has 1 amide bonds. The fraction of sp³-hybridized carbons (Fsp3) is 0.381. The maximum atomic E-state index is 12.5. The summed E-state index contributed by atoms with van der Waals surface area (Å²) in [5.74, 6) is 0.643. The first-order chi connectivity index (χ1) is 11.3. The van der Waals surface area contributed by atoms with Gasteiger partial charge in [-0.05, 0) is 64.3 Å². The van der Waals surface area contributed by atoms with Gasteiger partial charge in [0.2, 0.25) is 0 Å². The summed E-state index contributed by atoms with van der Waals surface area (Å²) in [5, 5.41) is 3.04. The van der Waals surface area contributed by atoms with Crippen molar-refractivity contribution in [2.45, 2.75) is 53.7 Å². The van der Waals surface area contributed by atoms with E-state index in [1.165, 1.54) is 16.7 Å². The molecule has 0 aliphatic rings. The first kappa shape index (κ1) is 18.1. The second-order valence-corrected chi connectivity index (χ2v) is 6.62. The highest BCUT2D eigenvalue weighted by Gasteiger charge is 2.19. The van der Waals surface area contributed by atoms with Crippen LogP contribution in [0.15, 0.2) is 36.4 Å². The molecule has 0 unspecified atom stereocenters. The van der Waals surface area contributed by atoms with Crippen LogP contribution < -0.4 is 10.1 Å². The molecule has 2 aromatic rings. The minimum atomic E-state index is -0.542. The molecule has 3 heteroatoms. The Morgan fingerprint density at radius 1 is 0.917 bits per heavy atom. The fourth-order valence-corrected chi connectivity index (χ4v) is 2.90. The summed E-state index contributed by atoms with van der Waals surface area (Å²) in [6, 6.07) is 12.2. The Labute approximate surface area is 145 Å². The quantitative estimate of drug-likeness (QED) is 0.875. The van der Waals surface area contributed by atoms with Gasteiger partial charge >= 0.3 is 0 Å². The Kier molecular flexibility index (Phi) is 5.66. The lowest BCUT2D eigenvalue weighted by Crippen LogP contribution is -2.38. The Hall–Kier alpha value is -2.29. The average Bonchev–Trinajstić information content (AvgIpc) is 2.49. The summed E-state index contributed by atoms with van der Waals surface area (Å²) in [7, 11) is 0. The summed E-state index contributed by atoms with van der Waals surface area (Å²) in [6.07, 6.45) is -0.542. The zero-order valence-corrected chi connectivity index (χ0v) is 15.4. The van der Waals surface area contributed by atoms with Gasteiger partial charge in [0.15, 0.2) is 6.10 Å². The van der Waals surface area contributed by atoms with Gasteiger partial charge in [-0.25, -0.2) is 0 Å². The number of hydrogen-bond donors (Lipinski definition) is 1. The molecule has 2 rings (SSSR count). The predicted octanol–water partition coefficient (Wildman–Crippen LogP) is 4.56. The lowest BCUT2D eigenvalue weighted by atomic mass is 10.00. The third-order valence-corrected chi connectivity index (χ3v) is 4.25. The maximum absolute atomic E-state index is 12.5. The molecule has 0 radical (unpaired) electrons. The molecule has 0 fully saturated rings. The number of ether oxygens (including phenoxy) is 1. The Bertz CT molecular complexity index is 737. The SMILES string of the molecule is Cc1ccc(O[C@@H](C)C(=O)N[C@@H](C)c2ccc(C)cc2C)c(C)c1. The van der Waals surface area contributed by atoms with Crippen molar-refractivity contribution in [3.05, 3.63) is 64.2 Å². The van der Waals surface area contributed by atoms with Crippen LogP contribution in [0, 0.1) is 27.7 Å². The van der Waals surface area contributed by atoms with Crippen molar-refractivity contribution in [3.63, 3.8) is 0 Å². The third kappa shape index (κ3) is 4.38. The molecule has 2 atom stereocenters. The number of aryl methyl sites for hydroxylation is 4. The van der Waals surface area contributed by atoms with Crippen molar-refractivity contribution in [2.75, 3.05) is 0 Å². The lowest BCUT2D eigenvalue weighted by Gasteiger charge is -2.21. The second kappa shape index (κ2) is 7.52. The highest BCUT2D eigenvalue weighted by Crippen LogP contribution is 2.21. The van der Waals surface area contributed by atoms with Gasteiger partial charge < -0.3 is 10.1 Å². The third-order valence-electron chi connectivity index (χ3n) is 4.25. The largest absolute Gasteiger partial charge is 0.481 e. The van der Waals surface area contributed by atoms with Crippen LogP contribution in [0.1, 0.15) is 47.7 Å². The first-order valence-electron chi connectivity index (χ1n) is 8.39. The number of amides is 1. The maximum Gasteiger partial charge on any atom is 0.261 e. The Balaban J connectivity index is 2.02. The van der Waals surface area contributed by atoms with Crippen LogP contribution in [0.5, 0.6) is 5.75 Å². The molecule has 0 heterocycles. The average molecular weight is 325 g/mol. The molecular weight excluding hydrogens is 298 g/mol. The van der Waals surface area contributed by atoms with Crippen molar-refractivity contribution < 1.29 is 9.53 Å². The van der Waals surface area contributed by atoms with E-state index in [0.717, 1.165) is 16.9 Å². The molecule has 0 saturated heterocycles. The van der Waals surface area contributed by atoms with E-state index in [4.69, 9.17) is 4.74 Å². The van der Waals surface area contributed by atoms with Crippen LogP contribution in [-0.2, 0) is 4.79 Å². The summed E-state index contributed by atoms with van der Waals surface area (Å²) in [6.45, 7) is 12.0. The van der Waals surface area contributed by atoms with Crippen molar-refractivity contribution in [3.8, 4) is 5.75 Å². The predicted molar refractivity (Wildman–Crippen MR) is 98.5 cm³/mol. The van der Waals surface area contributed by atoms with Gasteiger partial charge in [0.25, 0.3) is 5.91 Å². The van der Waals surface area contributed by atoms with E-state index in [-0.39, 0.29) is 11.9 Å². The Morgan fingerprint density at radius 3 is 2.08 bits per heavy atom. The molecule has 24 heavy (non-hydrogen) atoms. The fourth-order valence-electron chi connectivity index (χ4n) is 2.90. The standard InChI is InChI=1S/C21H27NO2/c1-13-7-9-19(15(3)11-13)17(5)22-21(23)18(6)24-20-10-8-14(2)12-16(20)4/h7-12,17-18H,1-6H3,(H,22,23)/t17-,18-/m0/s1. The molecule has 0 saturated carbocycles. The van der Waals surface area contributed by atoms with E-state index in [1.807, 2.05) is 32.9 Å². The monoisotopic (exact) mass is 325 g/mol. The van der Waals surface area contributed by atoms with E-state index in [0.29, 0.717) is 0 Å². The van der Waals surface area contributed by atoms with Gasteiger partial charge in [0, 0.05) is 0 Å². The molecule has 0 aromatic heterocycles. The number of rotatable bonds is 5. The molecule has 1 N–H and O–H groups in total. The van der Waals surface area contributed by atoms with E-state index in [1.54, 1.807) is 6.92 Å². The molecule has 0 bridgehead atoms. The van der Waals surface area contributed by atoms with Crippen LogP contribution in [0.3, 0.4) is 0 Å². The van der Waals surface area contributed by atoms with Crippen molar-refractivity contribution in [2.24, 2.45) is 0 Å². The molecular formula is C21H27NO2. The second-order valence-electron chi connectivity index (χ2n) is 6.62. The number of hydrogen-bond acceptors (Lipinski definition) is 2. The minimum Gasteiger partial charge on any atom is -0.481 e. The molecule has 3 nitrogen and oxygen atoms in total. The van der Waals surface area contributed by atoms with Gasteiger partial charge in [-0.15, -0.1) is 0 Å². The van der Waals surface area contributed by atoms with Crippen molar-refractivity contribution >= 4 is 5.91 Å². The first-order valence-corrected chi connectivity index (χ1v) is 8.39. The van der Waals surface area contributed by atoms with Gasteiger partial charge in [0.1, 0.15) is 5.75 Å². The topological polar surface area (TPSA) is 38.3 Å². The summed E-state index contributed by atoms with van der Waals surface area (Å²) in [5.41, 5.74) is 5.76. The van der Waals surface area contributed by atoms with E-state index >= 15 is 0 Å². The zero-order chi connectivity index (χ0) is 17.9. The lowest BCUT2D eigenvalue weighted by molar-refractivity contribution is -0.127. The van der Waals surface area contributed by atoms with Crippen LogP contribution in [0.2, 0.25) is 0 Å². The molecule has 0 aliphatic carbocycles. The number of benzene rings is 2. The smallest absolute Gasteiger partial charge is 0.261 e. The summed E-state index contributed by atoms with van der Waals surface area (Å²) < 4.78 is 5.84. The van der Waals surface area contributed by atoms with Crippen molar-refractivity contribution in [1.82, 2.24) is 5.32 Å². The van der Waals surface area contributed by atoms with E-state index in [2.05, 4.69) is 43.4 Å². The van der Waals surface area contributed by atoms with Crippen LogP contribution in [0.25, 0.3) is 0 Å².